The van der Waals surface area contributed by atoms with Gasteiger partial charge >= 0.3 is 0 Å². The van der Waals surface area contributed by atoms with Crippen molar-refractivity contribution in [3.63, 3.8) is 0 Å². The van der Waals surface area contributed by atoms with E-state index in [0.717, 1.165) is 12.8 Å². The summed E-state index contributed by atoms with van der Waals surface area (Å²) in [6.45, 7) is 4.54. The Balaban J connectivity index is 1.67. The van der Waals surface area contributed by atoms with E-state index in [1.165, 1.54) is 25.1 Å². The van der Waals surface area contributed by atoms with Gasteiger partial charge in [-0.15, -0.1) is 0 Å². The molecule has 2 heterocycles. The average molecular weight is 417 g/mol. The number of carbonyl (C=O) groups excluding carboxylic acids is 2. The molecule has 0 spiro atoms. The first kappa shape index (κ1) is 21.4. The minimum absolute atomic E-state index is 0.0121. The molecule has 9 nitrogen and oxygen atoms in total. The molecule has 2 amide bonds. The van der Waals surface area contributed by atoms with Crippen LogP contribution in [0.4, 0.5) is 10.3 Å². The van der Waals surface area contributed by atoms with Gasteiger partial charge in [-0.2, -0.15) is 4.98 Å². The van der Waals surface area contributed by atoms with Crippen LogP contribution in [0.5, 0.6) is 11.8 Å². The number of hydrogen-bond donors (Lipinski definition) is 3. The Morgan fingerprint density at radius 3 is 2.63 bits per heavy atom. The Hall–Kier alpha value is -3.30. The molecule has 0 aromatic carbocycles. The number of nitrogens with one attached hydrogen (secondary N) is 2. The molecule has 30 heavy (non-hydrogen) atoms. The van der Waals surface area contributed by atoms with Crippen molar-refractivity contribution in [2.45, 2.75) is 45.8 Å². The zero-order valence-corrected chi connectivity index (χ0v) is 17.0. The van der Waals surface area contributed by atoms with Gasteiger partial charge in [-0.1, -0.05) is 0 Å². The van der Waals surface area contributed by atoms with E-state index >= 15 is 0 Å². The second-order valence-corrected chi connectivity index (χ2v) is 7.33. The number of carbonyl (C=O) groups is 2. The van der Waals surface area contributed by atoms with Crippen molar-refractivity contribution in [2.24, 2.45) is 5.92 Å². The van der Waals surface area contributed by atoms with Crippen molar-refractivity contribution in [1.29, 1.82) is 0 Å². The van der Waals surface area contributed by atoms with Gasteiger partial charge in [0.05, 0.1) is 6.04 Å². The molecule has 3 rings (SSSR count). The lowest BCUT2D eigenvalue weighted by molar-refractivity contribution is -0.117. The molecule has 0 saturated heterocycles. The minimum atomic E-state index is -1.16. The van der Waals surface area contributed by atoms with Crippen molar-refractivity contribution >= 4 is 17.8 Å². The maximum Gasteiger partial charge on any atom is 0.270 e. The number of halogens is 1. The highest BCUT2D eigenvalue weighted by Crippen LogP contribution is 2.30. The maximum atomic E-state index is 12.9. The number of amides is 2. The van der Waals surface area contributed by atoms with Crippen LogP contribution in [-0.2, 0) is 4.79 Å². The molecule has 0 bridgehead atoms. The second kappa shape index (κ2) is 9.02. The molecule has 160 valence electrons. The summed E-state index contributed by atoms with van der Waals surface area (Å²) in [5.74, 6) is -0.828. The molecule has 2 aromatic heterocycles. The fraction of sp³-hybridized carbons (Fsp3) is 0.450. The number of rotatable bonds is 8. The molecule has 10 heteroatoms. The molecule has 0 radical (unpaired) electrons. The number of nitrogens with zero attached hydrogens (tertiary/aromatic N) is 3. The summed E-state index contributed by atoms with van der Waals surface area (Å²) in [4.78, 5) is 36.7. The van der Waals surface area contributed by atoms with Gasteiger partial charge < -0.3 is 15.2 Å². The summed E-state index contributed by atoms with van der Waals surface area (Å²) in [5, 5.41) is 15.5. The molecule has 2 atom stereocenters. The first-order chi connectivity index (χ1) is 14.2. The highest BCUT2D eigenvalue weighted by molar-refractivity contribution is 5.95. The van der Waals surface area contributed by atoms with Crippen LogP contribution in [0, 0.1) is 12.8 Å². The number of hydrogen-bond acceptors (Lipinski definition) is 7. The lowest BCUT2D eigenvalue weighted by Gasteiger charge is -2.16. The Labute approximate surface area is 173 Å². The minimum Gasteiger partial charge on any atom is -0.493 e. The Morgan fingerprint density at radius 2 is 2.00 bits per heavy atom. The van der Waals surface area contributed by atoms with Crippen molar-refractivity contribution in [3.8, 4) is 11.8 Å². The number of aromatic nitrogens is 3. The maximum absolute atomic E-state index is 12.9. The van der Waals surface area contributed by atoms with E-state index in [2.05, 4.69) is 25.6 Å². The monoisotopic (exact) mass is 417 g/mol. The van der Waals surface area contributed by atoms with Gasteiger partial charge in [0, 0.05) is 23.2 Å². The summed E-state index contributed by atoms with van der Waals surface area (Å²) in [7, 11) is 0. The fourth-order valence-corrected chi connectivity index (χ4v) is 2.71. The molecule has 1 saturated carbocycles. The Kier molecular flexibility index (Phi) is 6.43. The van der Waals surface area contributed by atoms with E-state index in [4.69, 9.17) is 4.74 Å². The average Bonchev–Trinajstić information content (AvgIpc) is 3.51. The third kappa shape index (κ3) is 5.62. The topological polar surface area (TPSA) is 126 Å². The molecule has 1 unspecified atom stereocenters. The Bertz CT molecular complexity index is 949. The molecule has 1 fully saturated rings. The number of alkyl halides is 1. The normalized spacial score (nSPS) is 15.2. The van der Waals surface area contributed by atoms with E-state index < -0.39 is 18.1 Å². The summed E-state index contributed by atoms with van der Waals surface area (Å²) < 4.78 is 18.0. The predicted octanol–water partition coefficient (Wildman–Crippen LogP) is 2.46. The lowest BCUT2D eigenvalue weighted by Crippen LogP contribution is -2.28. The molecule has 3 N–H and O–H groups in total. The van der Waals surface area contributed by atoms with Crippen LogP contribution < -0.4 is 15.4 Å². The zero-order valence-electron chi connectivity index (χ0n) is 17.0. The predicted molar refractivity (Wildman–Crippen MR) is 106 cm³/mol. The number of anilines is 1. The van der Waals surface area contributed by atoms with E-state index in [0.29, 0.717) is 11.3 Å². The summed E-state index contributed by atoms with van der Waals surface area (Å²) in [6, 6.07) is 3.93. The van der Waals surface area contributed by atoms with Crippen LogP contribution >= 0.6 is 0 Å². The van der Waals surface area contributed by atoms with Crippen LogP contribution in [0.25, 0.3) is 0 Å². The van der Waals surface area contributed by atoms with Gasteiger partial charge in [-0.3, -0.25) is 14.9 Å². The molecular weight excluding hydrogens is 393 g/mol. The van der Waals surface area contributed by atoms with Crippen LogP contribution in [-0.4, -0.2) is 44.7 Å². The second-order valence-electron chi connectivity index (χ2n) is 7.33. The quantitative estimate of drug-likeness (QED) is 0.602. The zero-order chi connectivity index (χ0) is 21.8. The van der Waals surface area contributed by atoms with Gasteiger partial charge in [0.2, 0.25) is 23.6 Å². The number of ether oxygens (including phenoxy) is 1. The SMILES string of the molecule is Cc1cc(C(=O)NC(C)c2ccc(OC[C@@H](C)F)nc2O)nc(NC(=O)C2CC2)n1. The van der Waals surface area contributed by atoms with Crippen molar-refractivity contribution in [1.82, 2.24) is 20.3 Å². The van der Waals surface area contributed by atoms with E-state index in [-0.39, 0.29) is 41.8 Å². The standard InChI is InChI=1S/C20H24FN5O4/c1-10(21)9-30-16-7-6-14(18(28)25-16)12(3)23-19(29)15-8-11(2)22-20(24-15)26-17(27)13-4-5-13/h6-8,10,12-13H,4-5,9H2,1-3H3,(H,23,29)(H,25,28)(H,22,24,26,27)/t10-,12?/m1/s1. The largest absolute Gasteiger partial charge is 0.493 e. The van der Waals surface area contributed by atoms with E-state index in [1.807, 2.05) is 0 Å². The van der Waals surface area contributed by atoms with Gasteiger partial charge in [-0.05, 0) is 45.7 Å². The number of aromatic hydroxyl groups is 1. The van der Waals surface area contributed by atoms with Crippen LogP contribution in [0.3, 0.4) is 0 Å². The van der Waals surface area contributed by atoms with E-state index in [1.54, 1.807) is 13.8 Å². The molecule has 0 aliphatic heterocycles. The van der Waals surface area contributed by atoms with Gasteiger partial charge in [-0.25, -0.2) is 14.4 Å². The molecule has 1 aliphatic rings. The molecule has 2 aromatic rings. The first-order valence-corrected chi connectivity index (χ1v) is 9.67. The van der Waals surface area contributed by atoms with Gasteiger partial charge in [0.15, 0.2) is 0 Å². The van der Waals surface area contributed by atoms with Gasteiger partial charge in [0.25, 0.3) is 5.91 Å². The molecule has 1 aliphatic carbocycles. The van der Waals surface area contributed by atoms with Gasteiger partial charge in [0.1, 0.15) is 18.5 Å². The van der Waals surface area contributed by atoms with Crippen molar-refractivity contribution < 1.29 is 23.8 Å². The van der Waals surface area contributed by atoms with Crippen LogP contribution in [0.15, 0.2) is 18.2 Å². The lowest BCUT2D eigenvalue weighted by atomic mass is 10.1. The highest BCUT2D eigenvalue weighted by Gasteiger charge is 2.30. The van der Waals surface area contributed by atoms with Crippen molar-refractivity contribution in [2.75, 3.05) is 11.9 Å². The van der Waals surface area contributed by atoms with Crippen LogP contribution in [0.2, 0.25) is 0 Å². The highest BCUT2D eigenvalue weighted by atomic mass is 19.1. The Morgan fingerprint density at radius 1 is 1.27 bits per heavy atom. The summed E-state index contributed by atoms with van der Waals surface area (Å²) in [6.07, 6.45) is 0.523. The third-order valence-corrected chi connectivity index (χ3v) is 4.42. The fourth-order valence-electron chi connectivity index (χ4n) is 2.71. The van der Waals surface area contributed by atoms with E-state index in [9.17, 15) is 19.1 Å². The first-order valence-electron chi connectivity index (χ1n) is 9.67. The number of aryl methyl sites for hydroxylation is 1. The summed E-state index contributed by atoms with van der Waals surface area (Å²) >= 11 is 0. The molecular formula is C20H24FN5O4. The number of pyridine rings is 1. The smallest absolute Gasteiger partial charge is 0.270 e. The summed E-state index contributed by atoms with van der Waals surface area (Å²) in [5.41, 5.74) is 0.976. The third-order valence-electron chi connectivity index (χ3n) is 4.42. The van der Waals surface area contributed by atoms with Crippen molar-refractivity contribution in [3.05, 3.63) is 35.2 Å². The van der Waals surface area contributed by atoms with Crippen LogP contribution in [0.1, 0.15) is 54.5 Å².